The molecular formula is C22H28N4O3. The number of nitrogens with one attached hydrogen (secondary N) is 1. The van der Waals surface area contributed by atoms with Crippen molar-refractivity contribution < 1.29 is 14.3 Å². The zero-order valence-electron chi connectivity index (χ0n) is 16.9. The van der Waals surface area contributed by atoms with E-state index in [1.165, 1.54) is 0 Å². The molecule has 2 aromatic rings. The first-order valence-electron chi connectivity index (χ1n) is 10.4. The van der Waals surface area contributed by atoms with E-state index in [-0.39, 0.29) is 11.8 Å². The van der Waals surface area contributed by atoms with E-state index in [0.29, 0.717) is 38.3 Å². The second-order valence-corrected chi connectivity index (χ2v) is 7.79. The van der Waals surface area contributed by atoms with Crippen molar-refractivity contribution in [2.45, 2.75) is 38.5 Å². The van der Waals surface area contributed by atoms with Gasteiger partial charge in [-0.3, -0.25) is 14.7 Å². The Morgan fingerprint density at radius 1 is 1.00 bits per heavy atom. The molecule has 0 saturated carbocycles. The van der Waals surface area contributed by atoms with Crippen molar-refractivity contribution >= 4 is 11.8 Å². The minimum atomic E-state index is -0.00569. The van der Waals surface area contributed by atoms with Crippen LogP contribution in [0.2, 0.25) is 0 Å². The summed E-state index contributed by atoms with van der Waals surface area (Å²) < 4.78 is 5.17. The lowest BCUT2D eigenvalue weighted by atomic mass is 9.95. The van der Waals surface area contributed by atoms with Crippen LogP contribution in [0.4, 0.5) is 0 Å². The van der Waals surface area contributed by atoms with Gasteiger partial charge in [0, 0.05) is 37.4 Å². The fourth-order valence-corrected chi connectivity index (χ4v) is 4.21. The maximum atomic E-state index is 13.0. The molecule has 0 atom stereocenters. The van der Waals surface area contributed by atoms with Gasteiger partial charge in [0.05, 0.1) is 13.5 Å². The standard InChI is InChI=1S/C22H28N4O3/c1-29-17-9-7-16(8-10-17)15-20(27)25-11-4-12-26(14-13-25)22(28)21-18-5-2-3-6-19(18)23-24-21/h7-10H,2-6,11-15H2,1H3,(H,23,24). The van der Waals surface area contributed by atoms with E-state index in [4.69, 9.17) is 4.74 Å². The molecule has 1 N–H and O–H groups in total. The molecule has 0 bridgehead atoms. The van der Waals surface area contributed by atoms with Gasteiger partial charge in [0.15, 0.2) is 5.69 Å². The van der Waals surface area contributed by atoms with Crippen molar-refractivity contribution in [1.82, 2.24) is 20.0 Å². The van der Waals surface area contributed by atoms with Crippen LogP contribution in [-0.4, -0.2) is 65.1 Å². The van der Waals surface area contributed by atoms with Crippen molar-refractivity contribution in [3.63, 3.8) is 0 Å². The largest absolute Gasteiger partial charge is 0.497 e. The van der Waals surface area contributed by atoms with Gasteiger partial charge in [-0.05, 0) is 49.8 Å². The highest BCUT2D eigenvalue weighted by Crippen LogP contribution is 2.23. The molecule has 2 aliphatic rings. The van der Waals surface area contributed by atoms with E-state index in [1.807, 2.05) is 34.1 Å². The van der Waals surface area contributed by atoms with Crippen LogP contribution in [0.3, 0.4) is 0 Å². The molecule has 1 aromatic heterocycles. The number of methoxy groups -OCH3 is 1. The number of benzene rings is 1. The second-order valence-electron chi connectivity index (χ2n) is 7.79. The molecular weight excluding hydrogens is 368 g/mol. The number of ether oxygens (including phenoxy) is 1. The third-order valence-electron chi connectivity index (χ3n) is 5.91. The molecule has 154 valence electrons. The number of aromatic amines is 1. The smallest absolute Gasteiger partial charge is 0.274 e. The Morgan fingerprint density at radius 2 is 1.72 bits per heavy atom. The van der Waals surface area contributed by atoms with Crippen LogP contribution in [-0.2, 0) is 24.1 Å². The average Bonchev–Trinajstić information content (AvgIpc) is 3.02. The highest BCUT2D eigenvalue weighted by atomic mass is 16.5. The third kappa shape index (κ3) is 4.28. The van der Waals surface area contributed by atoms with Crippen LogP contribution >= 0.6 is 0 Å². The van der Waals surface area contributed by atoms with Crippen LogP contribution in [0.5, 0.6) is 5.75 Å². The maximum absolute atomic E-state index is 13.0. The van der Waals surface area contributed by atoms with Crippen LogP contribution in [0, 0.1) is 0 Å². The zero-order valence-corrected chi connectivity index (χ0v) is 16.9. The molecule has 7 nitrogen and oxygen atoms in total. The minimum absolute atomic E-state index is 0.00569. The van der Waals surface area contributed by atoms with Gasteiger partial charge in [-0.1, -0.05) is 12.1 Å². The number of rotatable bonds is 4. The van der Waals surface area contributed by atoms with E-state index in [9.17, 15) is 9.59 Å². The van der Waals surface area contributed by atoms with Gasteiger partial charge in [-0.15, -0.1) is 0 Å². The topological polar surface area (TPSA) is 78.5 Å². The van der Waals surface area contributed by atoms with Gasteiger partial charge < -0.3 is 14.5 Å². The first-order valence-corrected chi connectivity index (χ1v) is 10.4. The SMILES string of the molecule is COc1ccc(CC(=O)N2CCCN(C(=O)c3n[nH]c4c3CCCC4)CC2)cc1. The number of carbonyl (C=O) groups excluding carboxylic acids is 2. The third-order valence-corrected chi connectivity index (χ3v) is 5.91. The van der Waals surface area contributed by atoms with E-state index in [1.54, 1.807) is 7.11 Å². The molecule has 1 aromatic carbocycles. The van der Waals surface area contributed by atoms with E-state index < -0.39 is 0 Å². The number of hydrogen-bond donors (Lipinski definition) is 1. The molecule has 2 amide bonds. The van der Waals surface area contributed by atoms with Crippen molar-refractivity contribution in [3.8, 4) is 5.75 Å². The molecule has 0 radical (unpaired) electrons. The summed E-state index contributed by atoms with van der Waals surface area (Å²) >= 11 is 0. The highest BCUT2D eigenvalue weighted by molar-refractivity contribution is 5.94. The molecule has 4 rings (SSSR count). The van der Waals surface area contributed by atoms with Crippen molar-refractivity contribution in [1.29, 1.82) is 0 Å². The van der Waals surface area contributed by atoms with Gasteiger partial charge >= 0.3 is 0 Å². The van der Waals surface area contributed by atoms with Crippen LogP contribution < -0.4 is 4.74 Å². The van der Waals surface area contributed by atoms with E-state index >= 15 is 0 Å². The predicted molar refractivity (Wildman–Crippen MR) is 109 cm³/mol. The molecule has 1 fully saturated rings. The summed E-state index contributed by atoms with van der Waals surface area (Å²) in [6.07, 6.45) is 5.31. The Kier molecular flexibility index (Phi) is 5.83. The summed E-state index contributed by atoms with van der Waals surface area (Å²) in [5.41, 5.74) is 3.76. The van der Waals surface area contributed by atoms with Crippen LogP contribution in [0.25, 0.3) is 0 Å². The Balaban J connectivity index is 1.36. The Labute approximate surface area is 171 Å². The quantitative estimate of drug-likeness (QED) is 0.860. The lowest BCUT2D eigenvalue weighted by Gasteiger charge is -2.22. The Bertz CT molecular complexity index is 875. The van der Waals surface area contributed by atoms with E-state index in [0.717, 1.165) is 54.7 Å². The molecule has 1 aliphatic carbocycles. The number of aromatic nitrogens is 2. The highest BCUT2D eigenvalue weighted by Gasteiger charge is 2.28. The average molecular weight is 396 g/mol. The normalized spacial score (nSPS) is 16.9. The maximum Gasteiger partial charge on any atom is 0.274 e. The number of nitrogens with zero attached hydrogens (tertiary/aromatic N) is 3. The Hall–Kier alpha value is -2.83. The molecule has 1 saturated heterocycles. The van der Waals surface area contributed by atoms with Gasteiger partial charge in [-0.2, -0.15) is 5.10 Å². The number of H-pyrrole nitrogens is 1. The zero-order chi connectivity index (χ0) is 20.2. The van der Waals surface area contributed by atoms with Gasteiger partial charge in [-0.25, -0.2) is 0 Å². The first kappa shape index (κ1) is 19.5. The summed E-state index contributed by atoms with van der Waals surface area (Å²) in [6.45, 7) is 2.45. The van der Waals surface area contributed by atoms with Crippen molar-refractivity contribution in [3.05, 3.63) is 46.8 Å². The molecule has 2 heterocycles. The van der Waals surface area contributed by atoms with Crippen molar-refractivity contribution in [2.75, 3.05) is 33.3 Å². The summed E-state index contributed by atoms with van der Waals surface area (Å²) in [5.74, 6) is 0.876. The van der Waals surface area contributed by atoms with Crippen LogP contribution in [0.1, 0.15) is 46.6 Å². The lowest BCUT2D eigenvalue weighted by Crippen LogP contribution is -2.38. The number of carbonyl (C=O) groups is 2. The van der Waals surface area contributed by atoms with E-state index in [2.05, 4.69) is 10.2 Å². The molecule has 0 unspecified atom stereocenters. The molecule has 7 heteroatoms. The molecule has 0 spiro atoms. The summed E-state index contributed by atoms with van der Waals surface area (Å²) in [6, 6.07) is 7.59. The lowest BCUT2D eigenvalue weighted by molar-refractivity contribution is -0.130. The number of fused-ring (bicyclic) bond motifs is 1. The predicted octanol–water partition coefficient (Wildman–Crippen LogP) is 2.21. The summed E-state index contributed by atoms with van der Waals surface area (Å²) in [7, 11) is 1.63. The van der Waals surface area contributed by atoms with Gasteiger partial charge in [0.2, 0.25) is 5.91 Å². The van der Waals surface area contributed by atoms with Crippen molar-refractivity contribution in [2.24, 2.45) is 0 Å². The number of amides is 2. The van der Waals surface area contributed by atoms with Gasteiger partial charge in [0.25, 0.3) is 5.91 Å². The fourth-order valence-electron chi connectivity index (χ4n) is 4.21. The molecule has 1 aliphatic heterocycles. The van der Waals surface area contributed by atoms with Crippen LogP contribution in [0.15, 0.2) is 24.3 Å². The fraction of sp³-hybridized carbons (Fsp3) is 0.500. The summed E-state index contributed by atoms with van der Waals surface area (Å²) in [4.78, 5) is 29.5. The minimum Gasteiger partial charge on any atom is -0.497 e. The second kappa shape index (κ2) is 8.68. The number of hydrogen-bond acceptors (Lipinski definition) is 4. The summed E-state index contributed by atoms with van der Waals surface area (Å²) in [5, 5.41) is 7.37. The monoisotopic (exact) mass is 396 g/mol. The Morgan fingerprint density at radius 3 is 2.52 bits per heavy atom. The number of aryl methyl sites for hydroxylation is 1. The van der Waals surface area contributed by atoms with Gasteiger partial charge in [0.1, 0.15) is 5.75 Å². The molecule has 29 heavy (non-hydrogen) atoms. The first-order chi connectivity index (χ1) is 14.2.